The fourth-order valence-electron chi connectivity index (χ4n) is 2.02. The summed E-state index contributed by atoms with van der Waals surface area (Å²) in [5.41, 5.74) is 0.976. The van der Waals surface area contributed by atoms with Crippen molar-refractivity contribution in [2.45, 2.75) is 12.5 Å². The van der Waals surface area contributed by atoms with Crippen molar-refractivity contribution >= 4 is 27.7 Å². The molecule has 1 N–H and O–H groups in total. The monoisotopic (exact) mass is 339 g/mol. The summed E-state index contributed by atoms with van der Waals surface area (Å²) in [7, 11) is 0. The van der Waals surface area contributed by atoms with E-state index >= 15 is 0 Å². The quantitative estimate of drug-likeness (QED) is 0.931. The van der Waals surface area contributed by atoms with Crippen molar-refractivity contribution in [1.29, 1.82) is 0 Å². The molecule has 1 aromatic heterocycles. The molecule has 0 saturated carbocycles. The van der Waals surface area contributed by atoms with Crippen molar-refractivity contribution < 1.29 is 4.52 Å². The van der Waals surface area contributed by atoms with Gasteiger partial charge in [0.25, 0.3) is 0 Å². The first-order valence-corrected chi connectivity index (χ1v) is 8.16. The average Bonchev–Trinajstić information content (AvgIpc) is 2.89. The van der Waals surface area contributed by atoms with Gasteiger partial charge in [-0.15, -0.1) is 0 Å². The van der Waals surface area contributed by atoms with Gasteiger partial charge in [-0.1, -0.05) is 21.1 Å². The predicted octanol–water partition coefficient (Wildman–Crippen LogP) is 2.75. The zero-order valence-electron chi connectivity index (χ0n) is 10.3. The van der Waals surface area contributed by atoms with Crippen LogP contribution >= 0.6 is 27.7 Å². The van der Waals surface area contributed by atoms with Gasteiger partial charge in [0, 0.05) is 40.5 Å². The van der Waals surface area contributed by atoms with E-state index in [1.165, 1.54) is 5.75 Å². The van der Waals surface area contributed by atoms with Gasteiger partial charge in [0.15, 0.2) is 0 Å². The zero-order valence-corrected chi connectivity index (χ0v) is 12.7. The van der Waals surface area contributed by atoms with Crippen LogP contribution in [0.4, 0.5) is 0 Å². The fraction of sp³-hybridized carbons (Fsp3) is 0.385. The van der Waals surface area contributed by atoms with Crippen LogP contribution in [-0.4, -0.2) is 34.2 Å². The molecule has 6 heteroatoms. The Morgan fingerprint density at radius 2 is 2.21 bits per heavy atom. The number of nitrogens with zero attached hydrogens (tertiary/aromatic N) is 2. The molecule has 2 heterocycles. The van der Waals surface area contributed by atoms with Gasteiger partial charge >= 0.3 is 0 Å². The summed E-state index contributed by atoms with van der Waals surface area (Å²) in [5.74, 6) is 3.66. The Kier molecular flexibility index (Phi) is 4.20. The minimum Gasteiger partial charge on any atom is -0.339 e. The van der Waals surface area contributed by atoms with E-state index in [9.17, 15) is 0 Å². The van der Waals surface area contributed by atoms with Crippen LogP contribution in [0.1, 0.15) is 5.89 Å². The first-order valence-electron chi connectivity index (χ1n) is 6.21. The molecular weight excluding hydrogens is 326 g/mol. The van der Waals surface area contributed by atoms with Crippen molar-refractivity contribution in [2.24, 2.45) is 0 Å². The van der Waals surface area contributed by atoms with Crippen LogP contribution in [0, 0.1) is 0 Å². The van der Waals surface area contributed by atoms with Crippen LogP contribution in [0.3, 0.4) is 0 Å². The molecule has 19 heavy (non-hydrogen) atoms. The van der Waals surface area contributed by atoms with E-state index in [2.05, 4.69) is 31.4 Å². The summed E-state index contributed by atoms with van der Waals surface area (Å²) in [5, 5.41) is 7.51. The van der Waals surface area contributed by atoms with Crippen LogP contribution in [0.2, 0.25) is 0 Å². The van der Waals surface area contributed by atoms with Crippen LogP contribution in [0.25, 0.3) is 11.4 Å². The summed E-state index contributed by atoms with van der Waals surface area (Å²) in [4.78, 5) is 4.46. The fourth-order valence-corrected chi connectivity index (χ4v) is 3.23. The van der Waals surface area contributed by atoms with Crippen molar-refractivity contribution in [3.63, 3.8) is 0 Å². The number of halogens is 1. The summed E-state index contributed by atoms with van der Waals surface area (Å²) in [6, 6.07) is 8.35. The summed E-state index contributed by atoms with van der Waals surface area (Å²) in [6.07, 6.45) is 0.802. The smallest absolute Gasteiger partial charge is 0.228 e. The number of aromatic nitrogens is 2. The molecule has 1 aliphatic heterocycles. The summed E-state index contributed by atoms with van der Waals surface area (Å²) < 4.78 is 6.37. The maximum Gasteiger partial charge on any atom is 0.228 e. The number of benzene rings is 1. The molecule has 0 aliphatic carbocycles. The number of hydrogen-bond donors (Lipinski definition) is 1. The molecule has 2 aromatic rings. The van der Waals surface area contributed by atoms with E-state index in [1.807, 2.05) is 36.0 Å². The van der Waals surface area contributed by atoms with Crippen molar-refractivity contribution in [2.75, 3.05) is 18.1 Å². The van der Waals surface area contributed by atoms with Gasteiger partial charge in [0.2, 0.25) is 11.7 Å². The van der Waals surface area contributed by atoms with Crippen molar-refractivity contribution in [1.82, 2.24) is 15.5 Å². The van der Waals surface area contributed by atoms with Gasteiger partial charge in [-0.05, 0) is 24.3 Å². The maximum atomic E-state index is 5.33. The highest BCUT2D eigenvalue weighted by molar-refractivity contribution is 9.10. The molecule has 1 saturated heterocycles. The molecule has 1 aliphatic rings. The Hall–Kier alpha value is -0.850. The van der Waals surface area contributed by atoms with Crippen LogP contribution in [-0.2, 0) is 6.42 Å². The maximum absolute atomic E-state index is 5.33. The lowest BCUT2D eigenvalue weighted by atomic mass is 10.2. The second kappa shape index (κ2) is 6.07. The van der Waals surface area contributed by atoms with Crippen LogP contribution < -0.4 is 5.32 Å². The van der Waals surface area contributed by atoms with Crippen LogP contribution in [0.15, 0.2) is 33.3 Å². The van der Waals surface area contributed by atoms with Gasteiger partial charge in [-0.3, -0.25) is 0 Å². The summed E-state index contributed by atoms with van der Waals surface area (Å²) >= 11 is 5.38. The van der Waals surface area contributed by atoms with Gasteiger partial charge in [-0.25, -0.2) is 0 Å². The standard InChI is InChI=1S/C13H14BrN3OS/c14-10-3-1-9(2-4-10)13-16-12(18-17-13)7-11-8-19-6-5-15-11/h1-4,11,15H,5-8H2. The van der Waals surface area contributed by atoms with Crippen LogP contribution in [0.5, 0.6) is 0 Å². The van der Waals surface area contributed by atoms with Crippen molar-refractivity contribution in [3.05, 3.63) is 34.6 Å². The topological polar surface area (TPSA) is 51.0 Å². The molecule has 1 unspecified atom stereocenters. The number of rotatable bonds is 3. The van der Waals surface area contributed by atoms with E-state index in [1.54, 1.807) is 0 Å². The third-order valence-corrected chi connectivity index (χ3v) is 4.65. The number of thioether (sulfide) groups is 1. The lowest BCUT2D eigenvalue weighted by Crippen LogP contribution is -2.38. The molecule has 1 fully saturated rings. The molecular formula is C13H14BrN3OS. The van der Waals surface area contributed by atoms with E-state index < -0.39 is 0 Å². The molecule has 0 radical (unpaired) electrons. The molecule has 1 atom stereocenters. The lowest BCUT2D eigenvalue weighted by molar-refractivity contribution is 0.363. The minimum atomic E-state index is 0.442. The second-order valence-corrected chi connectivity index (χ2v) is 6.51. The second-order valence-electron chi connectivity index (χ2n) is 4.45. The average molecular weight is 340 g/mol. The first-order chi connectivity index (χ1) is 9.31. The third kappa shape index (κ3) is 3.38. The molecule has 0 bridgehead atoms. The molecule has 100 valence electrons. The molecule has 4 nitrogen and oxygen atoms in total. The highest BCUT2D eigenvalue weighted by atomic mass is 79.9. The highest BCUT2D eigenvalue weighted by Gasteiger charge is 2.17. The normalized spacial score (nSPS) is 19.5. The van der Waals surface area contributed by atoms with Gasteiger partial charge < -0.3 is 9.84 Å². The van der Waals surface area contributed by atoms with E-state index in [4.69, 9.17) is 4.52 Å². The van der Waals surface area contributed by atoms with E-state index in [-0.39, 0.29) is 0 Å². The lowest BCUT2D eigenvalue weighted by Gasteiger charge is -2.21. The third-order valence-electron chi connectivity index (χ3n) is 2.99. The van der Waals surface area contributed by atoms with Gasteiger partial charge in [0.1, 0.15) is 0 Å². The molecule has 0 amide bonds. The number of nitrogens with one attached hydrogen (secondary N) is 1. The molecule has 3 rings (SSSR count). The highest BCUT2D eigenvalue weighted by Crippen LogP contribution is 2.20. The van der Waals surface area contributed by atoms with E-state index in [0.717, 1.165) is 28.8 Å². The first kappa shape index (κ1) is 13.1. The van der Waals surface area contributed by atoms with Gasteiger partial charge in [-0.2, -0.15) is 16.7 Å². The predicted molar refractivity (Wildman–Crippen MR) is 80.3 cm³/mol. The Morgan fingerprint density at radius 3 is 2.95 bits per heavy atom. The van der Waals surface area contributed by atoms with E-state index in [0.29, 0.717) is 17.8 Å². The molecule has 0 spiro atoms. The van der Waals surface area contributed by atoms with Crippen molar-refractivity contribution in [3.8, 4) is 11.4 Å². The number of hydrogen-bond acceptors (Lipinski definition) is 5. The Balaban J connectivity index is 1.70. The summed E-state index contributed by atoms with van der Waals surface area (Å²) in [6.45, 7) is 1.06. The largest absolute Gasteiger partial charge is 0.339 e. The van der Waals surface area contributed by atoms with Gasteiger partial charge in [0.05, 0.1) is 0 Å². The Bertz CT molecular complexity index is 537. The molecule has 1 aromatic carbocycles. The minimum absolute atomic E-state index is 0.442. The Labute approximate surface area is 124 Å². The SMILES string of the molecule is Brc1ccc(-c2noc(CC3CSCCN3)n2)cc1. The Morgan fingerprint density at radius 1 is 1.37 bits per heavy atom. The zero-order chi connectivity index (χ0) is 13.1.